The van der Waals surface area contributed by atoms with Crippen molar-refractivity contribution in [2.24, 2.45) is 5.73 Å². The summed E-state index contributed by atoms with van der Waals surface area (Å²) in [5, 5.41) is 0. The van der Waals surface area contributed by atoms with E-state index in [9.17, 15) is 4.39 Å². The van der Waals surface area contributed by atoms with E-state index in [1.165, 1.54) is 6.07 Å². The van der Waals surface area contributed by atoms with Crippen LogP contribution in [0.1, 0.15) is 38.3 Å². The summed E-state index contributed by atoms with van der Waals surface area (Å²) >= 11 is 3.12. The summed E-state index contributed by atoms with van der Waals surface area (Å²) in [4.78, 5) is 0. The molecule has 17 heavy (non-hydrogen) atoms. The minimum Gasteiger partial charge on any atom is -0.379 e. The lowest BCUT2D eigenvalue weighted by atomic mass is 9.95. The molecule has 4 heteroatoms. The van der Waals surface area contributed by atoms with Crippen molar-refractivity contribution in [3.8, 4) is 0 Å². The third-order valence-electron chi connectivity index (χ3n) is 2.98. The van der Waals surface area contributed by atoms with Gasteiger partial charge in [0.15, 0.2) is 0 Å². The van der Waals surface area contributed by atoms with Gasteiger partial charge in [0.1, 0.15) is 5.82 Å². The third kappa shape index (κ3) is 4.37. The predicted molar refractivity (Wildman–Crippen MR) is 71.4 cm³/mol. The Morgan fingerprint density at radius 2 is 2.12 bits per heavy atom. The maximum Gasteiger partial charge on any atom is 0.137 e. The van der Waals surface area contributed by atoms with Gasteiger partial charge < -0.3 is 10.5 Å². The van der Waals surface area contributed by atoms with E-state index in [2.05, 4.69) is 15.9 Å². The first-order valence-corrected chi connectivity index (χ1v) is 6.41. The van der Waals surface area contributed by atoms with Crippen molar-refractivity contribution in [2.75, 3.05) is 7.11 Å². The molecule has 1 rings (SSSR count). The Kier molecular flexibility index (Phi) is 5.10. The Hall–Kier alpha value is -0.450. The molecule has 2 N–H and O–H groups in total. The van der Waals surface area contributed by atoms with Crippen LogP contribution in [0.3, 0.4) is 0 Å². The molecule has 2 nitrogen and oxygen atoms in total. The molecule has 1 aromatic carbocycles. The quantitative estimate of drug-likeness (QED) is 0.898. The average Bonchev–Trinajstić information content (AvgIpc) is 2.30. The third-order valence-corrected chi connectivity index (χ3v) is 3.62. The smallest absolute Gasteiger partial charge is 0.137 e. The highest BCUT2D eigenvalue weighted by atomic mass is 79.9. The molecule has 0 amide bonds. The van der Waals surface area contributed by atoms with Gasteiger partial charge in [-0.05, 0) is 60.3 Å². The summed E-state index contributed by atoms with van der Waals surface area (Å²) < 4.78 is 19.1. The predicted octanol–water partition coefficient (Wildman–Crippen LogP) is 3.79. The lowest BCUT2D eigenvalue weighted by Gasteiger charge is -2.24. The fourth-order valence-electron chi connectivity index (χ4n) is 1.51. The molecule has 0 spiro atoms. The topological polar surface area (TPSA) is 35.2 Å². The monoisotopic (exact) mass is 303 g/mol. The van der Waals surface area contributed by atoms with Crippen molar-refractivity contribution in [3.05, 3.63) is 34.1 Å². The van der Waals surface area contributed by atoms with Gasteiger partial charge in [-0.1, -0.05) is 6.07 Å². The van der Waals surface area contributed by atoms with Crippen LogP contribution < -0.4 is 5.73 Å². The number of ether oxygens (including phenoxy) is 1. The lowest BCUT2D eigenvalue weighted by molar-refractivity contribution is 0.0125. The second-order valence-electron chi connectivity index (χ2n) is 4.78. The number of nitrogens with two attached hydrogens (primary N) is 1. The van der Waals surface area contributed by atoms with E-state index < -0.39 is 0 Å². The van der Waals surface area contributed by atoms with Crippen LogP contribution >= 0.6 is 15.9 Å². The first kappa shape index (κ1) is 14.6. The fraction of sp³-hybridized carbons (Fsp3) is 0.538. The van der Waals surface area contributed by atoms with Crippen LogP contribution in [0, 0.1) is 5.82 Å². The van der Waals surface area contributed by atoms with Gasteiger partial charge in [-0.15, -0.1) is 0 Å². The second-order valence-corrected chi connectivity index (χ2v) is 5.64. The van der Waals surface area contributed by atoms with E-state index in [0.717, 1.165) is 18.4 Å². The zero-order chi connectivity index (χ0) is 13.1. The first-order chi connectivity index (χ1) is 7.85. The van der Waals surface area contributed by atoms with Gasteiger partial charge in [0, 0.05) is 13.2 Å². The molecule has 96 valence electrons. The summed E-state index contributed by atoms with van der Waals surface area (Å²) in [6.45, 7) is 4.03. The Balaban J connectivity index is 2.64. The minimum atomic E-state index is -0.274. The molecule has 0 radical (unpaired) electrons. The zero-order valence-corrected chi connectivity index (χ0v) is 12.1. The highest BCUT2D eigenvalue weighted by Gasteiger charge is 2.18. The normalized spacial score (nSPS) is 13.8. The molecule has 0 aromatic heterocycles. The van der Waals surface area contributed by atoms with Gasteiger partial charge >= 0.3 is 0 Å². The average molecular weight is 304 g/mol. The lowest BCUT2D eigenvalue weighted by Crippen LogP contribution is -2.24. The van der Waals surface area contributed by atoms with Crippen LogP contribution in [-0.4, -0.2) is 12.7 Å². The standard InChI is InChI=1S/C13H19BrFNO/c1-13(2,17-3)7-6-12(16)9-4-5-10(14)11(15)8-9/h4-5,8,12H,6-7,16H2,1-3H3. The molecular formula is C13H19BrFNO. The minimum absolute atomic E-state index is 0.160. The van der Waals surface area contributed by atoms with E-state index in [1.807, 2.05) is 19.9 Å². The largest absolute Gasteiger partial charge is 0.379 e. The van der Waals surface area contributed by atoms with Crippen LogP contribution in [-0.2, 0) is 4.74 Å². The van der Waals surface area contributed by atoms with Crippen LogP contribution in [0.25, 0.3) is 0 Å². The van der Waals surface area contributed by atoms with Gasteiger partial charge in [0.05, 0.1) is 10.1 Å². The van der Waals surface area contributed by atoms with Crippen molar-refractivity contribution in [3.63, 3.8) is 0 Å². The number of rotatable bonds is 5. The molecule has 1 aromatic rings. The number of methoxy groups -OCH3 is 1. The molecule has 1 unspecified atom stereocenters. The SMILES string of the molecule is COC(C)(C)CCC(N)c1ccc(Br)c(F)c1. The summed E-state index contributed by atoms with van der Waals surface area (Å²) in [6.07, 6.45) is 1.60. The summed E-state index contributed by atoms with van der Waals surface area (Å²) in [5.41, 5.74) is 6.67. The second kappa shape index (κ2) is 5.94. The van der Waals surface area contributed by atoms with E-state index in [4.69, 9.17) is 10.5 Å². The molecule has 0 bridgehead atoms. The maximum atomic E-state index is 13.4. The molecule has 0 fully saturated rings. The van der Waals surface area contributed by atoms with Crippen molar-refractivity contribution in [1.82, 2.24) is 0 Å². The first-order valence-electron chi connectivity index (χ1n) is 5.61. The van der Waals surface area contributed by atoms with Gasteiger partial charge in [0.25, 0.3) is 0 Å². The number of hydrogen-bond acceptors (Lipinski definition) is 2. The number of halogens is 2. The van der Waals surface area contributed by atoms with Gasteiger partial charge in [-0.25, -0.2) is 4.39 Å². The molecule has 0 aliphatic heterocycles. The fourth-order valence-corrected chi connectivity index (χ4v) is 1.76. The number of benzene rings is 1. The molecule has 0 aliphatic rings. The summed E-state index contributed by atoms with van der Waals surface area (Å²) in [5.74, 6) is -0.274. The van der Waals surface area contributed by atoms with Crippen LogP contribution in [0.2, 0.25) is 0 Å². The Labute approximate surface area is 110 Å². The van der Waals surface area contributed by atoms with E-state index in [0.29, 0.717) is 4.47 Å². The van der Waals surface area contributed by atoms with Gasteiger partial charge in [-0.2, -0.15) is 0 Å². The van der Waals surface area contributed by atoms with Crippen molar-refractivity contribution in [1.29, 1.82) is 0 Å². The van der Waals surface area contributed by atoms with Crippen LogP contribution in [0.5, 0.6) is 0 Å². The molecule has 0 heterocycles. The van der Waals surface area contributed by atoms with Gasteiger partial charge in [-0.3, -0.25) is 0 Å². The summed E-state index contributed by atoms with van der Waals surface area (Å²) in [7, 11) is 1.69. The Bertz CT molecular complexity index is 382. The van der Waals surface area contributed by atoms with Crippen molar-refractivity contribution >= 4 is 15.9 Å². The molecule has 0 saturated heterocycles. The molecular weight excluding hydrogens is 285 g/mol. The molecule has 1 atom stereocenters. The van der Waals surface area contributed by atoms with Crippen LogP contribution in [0.4, 0.5) is 4.39 Å². The molecule has 0 aliphatic carbocycles. The van der Waals surface area contributed by atoms with E-state index in [-0.39, 0.29) is 17.5 Å². The highest BCUT2D eigenvalue weighted by Crippen LogP contribution is 2.25. The van der Waals surface area contributed by atoms with E-state index >= 15 is 0 Å². The number of hydrogen-bond donors (Lipinski definition) is 1. The maximum absolute atomic E-state index is 13.4. The zero-order valence-electron chi connectivity index (χ0n) is 10.5. The molecule has 0 saturated carbocycles. The van der Waals surface area contributed by atoms with E-state index in [1.54, 1.807) is 13.2 Å². The highest BCUT2D eigenvalue weighted by molar-refractivity contribution is 9.10. The van der Waals surface area contributed by atoms with Gasteiger partial charge in [0.2, 0.25) is 0 Å². The Morgan fingerprint density at radius 3 is 2.65 bits per heavy atom. The summed E-state index contributed by atoms with van der Waals surface area (Å²) in [6, 6.07) is 4.85. The van der Waals surface area contributed by atoms with Crippen LogP contribution in [0.15, 0.2) is 22.7 Å². The van der Waals surface area contributed by atoms with Crippen molar-refractivity contribution < 1.29 is 9.13 Å². The Morgan fingerprint density at radius 1 is 1.47 bits per heavy atom. The van der Waals surface area contributed by atoms with Crippen molar-refractivity contribution in [2.45, 2.75) is 38.3 Å².